The molecule has 4 nitrogen and oxygen atoms in total. The minimum atomic E-state index is -0.551. The summed E-state index contributed by atoms with van der Waals surface area (Å²) in [7, 11) is 1.74. The highest BCUT2D eigenvalue weighted by Gasteiger charge is 2.20. The van der Waals surface area contributed by atoms with Crippen LogP contribution in [0.2, 0.25) is 0 Å². The van der Waals surface area contributed by atoms with Crippen molar-refractivity contribution < 1.29 is 13.9 Å². The second-order valence-corrected chi connectivity index (χ2v) is 4.98. The van der Waals surface area contributed by atoms with Crippen molar-refractivity contribution in [2.75, 3.05) is 32.5 Å². The van der Waals surface area contributed by atoms with Gasteiger partial charge in [0.25, 0.3) is 5.91 Å². The SMILES string of the molecule is CN(CC1CCOCC1)C(=O)c1ccc(N)c(F)c1. The Morgan fingerprint density at radius 2 is 2.16 bits per heavy atom. The number of benzene rings is 1. The highest BCUT2D eigenvalue weighted by Crippen LogP contribution is 2.18. The summed E-state index contributed by atoms with van der Waals surface area (Å²) in [6.07, 6.45) is 1.93. The van der Waals surface area contributed by atoms with Gasteiger partial charge in [-0.05, 0) is 37.0 Å². The van der Waals surface area contributed by atoms with Crippen LogP contribution in [0.1, 0.15) is 23.2 Å². The van der Waals surface area contributed by atoms with Gasteiger partial charge in [-0.25, -0.2) is 4.39 Å². The first-order valence-corrected chi connectivity index (χ1v) is 6.46. The van der Waals surface area contributed by atoms with Gasteiger partial charge in [-0.3, -0.25) is 4.79 Å². The van der Waals surface area contributed by atoms with Crippen molar-refractivity contribution >= 4 is 11.6 Å². The van der Waals surface area contributed by atoms with E-state index in [0.29, 0.717) is 18.0 Å². The molecule has 5 heteroatoms. The largest absolute Gasteiger partial charge is 0.396 e. The van der Waals surface area contributed by atoms with Gasteiger partial charge in [0.1, 0.15) is 5.82 Å². The Kier molecular flexibility index (Phi) is 4.37. The van der Waals surface area contributed by atoms with E-state index in [1.807, 2.05) is 0 Å². The number of hydrogen-bond donors (Lipinski definition) is 1. The van der Waals surface area contributed by atoms with Gasteiger partial charge in [-0.1, -0.05) is 0 Å². The average Bonchev–Trinajstić information content (AvgIpc) is 2.42. The van der Waals surface area contributed by atoms with Crippen LogP contribution in [0, 0.1) is 11.7 Å². The van der Waals surface area contributed by atoms with Gasteiger partial charge < -0.3 is 15.4 Å². The lowest BCUT2D eigenvalue weighted by molar-refractivity contribution is 0.0497. The maximum absolute atomic E-state index is 13.3. The Bertz CT molecular complexity index is 459. The van der Waals surface area contributed by atoms with E-state index in [1.54, 1.807) is 18.0 Å². The predicted molar refractivity (Wildman–Crippen MR) is 71.3 cm³/mol. The number of nitrogens with two attached hydrogens (primary N) is 1. The molecule has 1 aliphatic heterocycles. The lowest BCUT2D eigenvalue weighted by Gasteiger charge is -2.27. The van der Waals surface area contributed by atoms with Gasteiger partial charge >= 0.3 is 0 Å². The maximum Gasteiger partial charge on any atom is 0.253 e. The number of ether oxygens (including phenoxy) is 1. The molecule has 0 aliphatic carbocycles. The van der Waals surface area contributed by atoms with Crippen LogP contribution >= 0.6 is 0 Å². The third-order valence-corrected chi connectivity index (χ3v) is 3.47. The third kappa shape index (κ3) is 3.44. The summed E-state index contributed by atoms with van der Waals surface area (Å²) in [5.74, 6) is -0.267. The normalized spacial score (nSPS) is 16.3. The molecular formula is C14H19FN2O2. The minimum absolute atomic E-state index is 0.0589. The number of amides is 1. The standard InChI is InChI=1S/C14H19FN2O2/c1-17(9-10-4-6-19-7-5-10)14(18)11-2-3-13(16)12(15)8-11/h2-3,8,10H,4-7,9,16H2,1H3. The number of halogens is 1. The molecule has 104 valence electrons. The fraction of sp³-hybridized carbons (Fsp3) is 0.500. The zero-order valence-corrected chi connectivity index (χ0v) is 11.1. The van der Waals surface area contributed by atoms with E-state index >= 15 is 0 Å². The molecule has 2 rings (SSSR count). The molecule has 2 N–H and O–H groups in total. The molecule has 0 aromatic heterocycles. The minimum Gasteiger partial charge on any atom is -0.396 e. The number of nitrogen functional groups attached to an aromatic ring is 1. The van der Waals surface area contributed by atoms with Crippen LogP contribution in [0.5, 0.6) is 0 Å². The first-order valence-electron chi connectivity index (χ1n) is 6.46. The van der Waals surface area contributed by atoms with E-state index in [-0.39, 0.29) is 11.6 Å². The maximum atomic E-state index is 13.3. The van der Waals surface area contributed by atoms with E-state index < -0.39 is 5.82 Å². The van der Waals surface area contributed by atoms with Gasteiger partial charge in [0.2, 0.25) is 0 Å². The van der Waals surface area contributed by atoms with Crippen LogP contribution in [0.15, 0.2) is 18.2 Å². The topological polar surface area (TPSA) is 55.6 Å². The highest BCUT2D eigenvalue weighted by molar-refractivity contribution is 5.94. The van der Waals surface area contributed by atoms with Crippen molar-refractivity contribution in [3.8, 4) is 0 Å². The molecule has 1 aromatic carbocycles. The Labute approximate surface area is 112 Å². The van der Waals surface area contributed by atoms with Crippen LogP contribution in [-0.2, 0) is 4.74 Å². The summed E-state index contributed by atoms with van der Waals surface area (Å²) < 4.78 is 18.6. The first kappa shape index (κ1) is 13.8. The number of anilines is 1. The lowest BCUT2D eigenvalue weighted by Crippen LogP contribution is -2.34. The van der Waals surface area contributed by atoms with Gasteiger partial charge in [0.15, 0.2) is 0 Å². The molecule has 0 radical (unpaired) electrons. The molecule has 0 saturated carbocycles. The van der Waals surface area contributed by atoms with E-state index in [4.69, 9.17) is 10.5 Å². The van der Waals surface area contributed by atoms with Crippen molar-refractivity contribution in [3.63, 3.8) is 0 Å². The van der Waals surface area contributed by atoms with Crippen molar-refractivity contribution in [3.05, 3.63) is 29.6 Å². The summed E-state index contributed by atoms with van der Waals surface area (Å²) in [5.41, 5.74) is 5.79. The summed E-state index contributed by atoms with van der Waals surface area (Å²) in [6.45, 7) is 2.18. The molecular weight excluding hydrogens is 247 g/mol. The summed E-state index contributed by atoms with van der Waals surface area (Å²) in [6, 6.07) is 4.17. The second kappa shape index (κ2) is 6.02. The van der Waals surface area contributed by atoms with Crippen molar-refractivity contribution in [2.24, 2.45) is 5.92 Å². The number of rotatable bonds is 3. The molecule has 0 atom stereocenters. The number of hydrogen-bond acceptors (Lipinski definition) is 3. The van der Waals surface area contributed by atoms with Gasteiger partial charge in [-0.15, -0.1) is 0 Å². The molecule has 0 unspecified atom stereocenters. The smallest absolute Gasteiger partial charge is 0.253 e. The molecule has 1 aromatic rings. The molecule has 1 heterocycles. The molecule has 1 saturated heterocycles. The Balaban J connectivity index is 1.99. The van der Waals surface area contributed by atoms with Gasteiger partial charge in [0.05, 0.1) is 5.69 Å². The van der Waals surface area contributed by atoms with Crippen molar-refractivity contribution in [1.29, 1.82) is 0 Å². The molecule has 1 aliphatic rings. The van der Waals surface area contributed by atoms with Crippen molar-refractivity contribution in [2.45, 2.75) is 12.8 Å². The molecule has 1 amide bonds. The Morgan fingerprint density at radius 3 is 2.79 bits per heavy atom. The van der Waals surface area contributed by atoms with E-state index in [9.17, 15) is 9.18 Å². The average molecular weight is 266 g/mol. The second-order valence-electron chi connectivity index (χ2n) is 4.98. The first-order chi connectivity index (χ1) is 9.08. The summed E-state index contributed by atoms with van der Waals surface area (Å²) in [4.78, 5) is 13.8. The van der Waals surface area contributed by atoms with E-state index in [0.717, 1.165) is 26.1 Å². The van der Waals surface area contributed by atoms with Crippen LogP contribution in [0.3, 0.4) is 0 Å². The highest BCUT2D eigenvalue weighted by atomic mass is 19.1. The zero-order chi connectivity index (χ0) is 13.8. The fourth-order valence-corrected chi connectivity index (χ4v) is 2.28. The monoisotopic (exact) mass is 266 g/mol. The van der Waals surface area contributed by atoms with E-state index in [2.05, 4.69) is 0 Å². The van der Waals surface area contributed by atoms with Crippen LogP contribution in [-0.4, -0.2) is 37.6 Å². The predicted octanol–water partition coefficient (Wildman–Crippen LogP) is 1.91. The van der Waals surface area contributed by atoms with Gasteiger partial charge in [0, 0.05) is 32.4 Å². The quantitative estimate of drug-likeness (QED) is 0.850. The lowest BCUT2D eigenvalue weighted by atomic mass is 9.99. The summed E-state index contributed by atoms with van der Waals surface area (Å²) >= 11 is 0. The fourth-order valence-electron chi connectivity index (χ4n) is 2.28. The van der Waals surface area contributed by atoms with Crippen LogP contribution < -0.4 is 5.73 Å². The molecule has 19 heavy (non-hydrogen) atoms. The number of carbonyl (C=O) groups is 1. The van der Waals surface area contributed by atoms with Crippen LogP contribution in [0.4, 0.5) is 10.1 Å². The molecule has 1 fully saturated rings. The van der Waals surface area contributed by atoms with Crippen molar-refractivity contribution in [1.82, 2.24) is 4.90 Å². The molecule has 0 spiro atoms. The Morgan fingerprint density at radius 1 is 1.47 bits per heavy atom. The van der Waals surface area contributed by atoms with E-state index in [1.165, 1.54) is 12.1 Å². The number of nitrogens with zero attached hydrogens (tertiary/aromatic N) is 1. The molecule has 0 bridgehead atoms. The van der Waals surface area contributed by atoms with Crippen LogP contribution in [0.25, 0.3) is 0 Å². The number of carbonyl (C=O) groups excluding carboxylic acids is 1. The summed E-state index contributed by atoms with van der Waals surface area (Å²) in [5, 5.41) is 0. The van der Waals surface area contributed by atoms with Gasteiger partial charge in [-0.2, -0.15) is 0 Å². The third-order valence-electron chi connectivity index (χ3n) is 3.47. The Hall–Kier alpha value is -1.62. The zero-order valence-electron chi connectivity index (χ0n) is 11.1.